The summed E-state index contributed by atoms with van der Waals surface area (Å²) in [4.78, 5) is 2.00. The lowest BCUT2D eigenvalue weighted by Gasteiger charge is -2.37. The minimum Gasteiger partial charge on any atom is -0.376 e. The number of ether oxygens (including phenoxy) is 1. The molecule has 0 radical (unpaired) electrons. The monoisotopic (exact) mass is 350 g/mol. The zero-order valence-electron chi connectivity index (χ0n) is 12.6. The Kier molecular flexibility index (Phi) is 5.79. The molecule has 124 valence electrons. The minimum atomic E-state index is -3.38. The van der Waals surface area contributed by atoms with Gasteiger partial charge in [-0.25, -0.2) is 17.5 Å². The first-order chi connectivity index (χ1) is 10.3. The van der Waals surface area contributed by atoms with E-state index >= 15 is 0 Å². The van der Waals surface area contributed by atoms with E-state index < -0.39 is 21.9 Å². The van der Waals surface area contributed by atoms with Gasteiger partial charge in [-0.15, -0.1) is 0 Å². The topological polar surface area (TPSA) is 58.6 Å². The fourth-order valence-electron chi connectivity index (χ4n) is 2.60. The number of hydrogen-bond donors (Lipinski definition) is 1. The van der Waals surface area contributed by atoms with Gasteiger partial charge in [-0.05, 0) is 19.1 Å². The van der Waals surface area contributed by atoms with Crippen LogP contribution in [0.1, 0.15) is 18.5 Å². The van der Waals surface area contributed by atoms with Crippen molar-refractivity contribution >= 4 is 21.6 Å². The van der Waals surface area contributed by atoms with Crippen LogP contribution in [-0.2, 0) is 14.8 Å². The van der Waals surface area contributed by atoms with E-state index in [0.717, 1.165) is 6.26 Å². The van der Waals surface area contributed by atoms with Gasteiger partial charge in [0.15, 0.2) is 0 Å². The van der Waals surface area contributed by atoms with Gasteiger partial charge < -0.3 is 4.74 Å². The van der Waals surface area contributed by atoms with Gasteiger partial charge >= 0.3 is 0 Å². The van der Waals surface area contributed by atoms with Crippen molar-refractivity contribution in [3.05, 3.63) is 34.6 Å². The molecule has 0 saturated carbocycles. The number of benzene rings is 1. The molecule has 22 heavy (non-hydrogen) atoms. The van der Waals surface area contributed by atoms with Crippen LogP contribution in [0.4, 0.5) is 4.39 Å². The van der Waals surface area contributed by atoms with Gasteiger partial charge in [0.25, 0.3) is 0 Å². The average molecular weight is 351 g/mol. The lowest BCUT2D eigenvalue weighted by atomic mass is 10.0. The number of morpholine rings is 1. The van der Waals surface area contributed by atoms with E-state index in [2.05, 4.69) is 4.72 Å². The van der Waals surface area contributed by atoms with Gasteiger partial charge in [0, 0.05) is 30.2 Å². The van der Waals surface area contributed by atoms with Crippen LogP contribution >= 0.6 is 11.6 Å². The Balaban J connectivity index is 2.32. The van der Waals surface area contributed by atoms with Crippen LogP contribution in [0.3, 0.4) is 0 Å². The van der Waals surface area contributed by atoms with Crippen LogP contribution in [0, 0.1) is 5.82 Å². The van der Waals surface area contributed by atoms with Crippen molar-refractivity contribution in [1.82, 2.24) is 9.62 Å². The zero-order chi connectivity index (χ0) is 16.3. The third kappa shape index (κ3) is 4.63. The Bertz CT molecular complexity index is 606. The maximum absolute atomic E-state index is 14.3. The van der Waals surface area contributed by atoms with Crippen LogP contribution in [0.5, 0.6) is 0 Å². The molecular weight excluding hydrogens is 331 g/mol. The summed E-state index contributed by atoms with van der Waals surface area (Å²) in [7, 11) is -3.38. The second-order valence-corrected chi connectivity index (χ2v) is 7.69. The first-order valence-corrected chi connectivity index (χ1v) is 9.29. The van der Waals surface area contributed by atoms with E-state index in [1.807, 2.05) is 11.8 Å². The summed E-state index contributed by atoms with van der Waals surface area (Å²) in [6.45, 7) is 3.68. The van der Waals surface area contributed by atoms with Crippen LogP contribution in [-0.4, -0.2) is 51.9 Å². The normalized spacial score (nSPS) is 21.7. The van der Waals surface area contributed by atoms with Gasteiger partial charge in [-0.2, -0.15) is 0 Å². The van der Waals surface area contributed by atoms with Crippen molar-refractivity contribution in [2.75, 3.05) is 32.5 Å². The molecule has 2 atom stereocenters. The summed E-state index contributed by atoms with van der Waals surface area (Å²) in [6.07, 6.45) is 1.08. The summed E-state index contributed by atoms with van der Waals surface area (Å²) in [5.74, 6) is -0.438. The quantitative estimate of drug-likeness (QED) is 0.879. The fraction of sp³-hybridized carbons (Fsp3) is 0.571. The molecule has 2 rings (SSSR count). The van der Waals surface area contributed by atoms with Gasteiger partial charge in [0.2, 0.25) is 10.0 Å². The smallest absolute Gasteiger partial charge is 0.208 e. The maximum atomic E-state index is 14.3. The standard InChI is InChI=1S/C14H20ClFN2O3S/c1-10-9-18(6-7-21-10)13(8-17-22(2,19)20)14-11(15)4-3-5-12(14)16/h3-5,10,13,17H,6-9H2,1-2H3/t10-,13-/m0/s1. The molecule has 8 heteroatoms. The van der Waals surface area contributed by atoms with Crippen molar-refractivity contribution in [3.8, 4) is 0 Å². The van der Waals surface area contributed by atoms with E-state index in [4.69, 9.17) is 16.3 Å². The molecule has 1 aromatic carbocycles. The van der Waals surface area contributed by atoms with Gasteiger partial charge in [0.05, 0.1) is 25.0 Å². The number of rotatable bonds is 5. The highest BCUT2D eigenvalue weighted by Gasteiger charge is 2.29. The average Bonchev–Trinajstić information content (AvgIpc) is 2.41. The first-order valence-electron chi connectivity index (χ1n) is 7.02. The van der Waals surface area contributed by atoms with Gasteiger partial charge in [-0.3, -0.25) is 4.90 Å². The van der Waals surface area contributed by atoms with Gasteiger partial charge in [0.1, 0.15) is 5.82 Å². The molecule has 1 fully saturated rings. The Morgan fingerprint density at radius 1 is 1.55 bits per heavy atom. The summed E-state index contributed by atoms with van der Waals surface area (Å²) >= 11 is 6.15. The molecule has 0 spiro atoms. The third-order valence-corrected chi connectivity index (χ3v) is 4.61. The Morgan fingerprint density at radius 2 is 2.27 bits per heavy atom. The summed E-state index contributed by atoms with van der Waals surface area (Å²) < 4.78 is 45.0. The molecule has 5 nitrogen and oxygen atoms in total. The fourth-order valence-corrected chi connectivity index (χ4v) is 3.35. The Labute approximate surface area is 135 Å². The number of halogens is 2. The highest BCUT2D eigenvalue weighted by Crippen LogP contribution is 2.31. The Hall–Kier alpha value is -0.730. The molecule has 0 bridgehead atoms. The van der Waals surface area contributed by atoms with Crippen LogP contribution in [0.15, 0.2) is 18.2 Å². The first kappa shape index (κ1) is 17.6. The molecule has 1 aliphatic rings. The van der Waals surface area contributed by atoms with E-state index in [-0.39, 0.29) is 12.6 Å². The van der Waals surface area contributed by atoms with E-state index in [1.54, 1.807) is 6.07 Å². The molecule has 1 aliphatic heterocycles. The predicted molar refractivity (Wildman–Crippen MR) is 84.0 cm³/mol. The molecule has 0 aromatic heterocycles. The second-order valence-electron chi connectivity index (χ2n) is 5.45. The van der Waals surface area contributed by atoms with Gasteiger partial charge in [-0.1, -0.05) is 17.7 Å². The highest BCUT2D eigenvalue weighted by molar-refractivity contribution is 7.88. The SMILES string of the molecule is C[C@H]1CN([C@@H](CNS(C)(=O)=O)c2c(F)cccc2Cl)CCO1. The molecule has 1 N–H and O–H groups in total. The van der Waals surface area contributed by atoms with Crippen molar-refractivity contribution in [2.24, 2.45) is 0 Å². The Morgan fingerprint density at radius 3 is 2.86 bits per heavy atom. The van der Waals surface area contributed by atoms with Crippen LogP contribution in [0.25, 0.3) is 0 Å². The molecule has 1 aromatic rings. The van der Waals surface area contributed by atoms with Crippen molar-refractivity contribution in [2.45, 2.75) is 19.1 Å². The van der Waals surface area contributed by atoms with E-state index in [9.17, 15) is 12.8 Å². The predicted octanol–water partition coefficient (Wildman–Crippen LogP) is 1.79. The lowest BCUT2D eigenvalue weighted by Crippen LogP contribution is -2.46. The maximum Gasteiger partial charge on any atom is 0.208 e. The minimum absolute atomic E-state index is 0.0000302. The number of sulfonamides is 1. The molecule has 0 aliphatic carbocycles. The zero-order valence-corrected chi connectivity index (χ0v) is 14.1. The number of hydrogen-bond acceptors (Lipinski definition) is 4. The summed E-state index contributed by atoms with van der Waals surface area (Å²) in [6, 6.07) is 4.00. The number of nitrogens with one attached hydrogen (secondary N) is 1. The second kappa shape index (κ2) is 7.23. The third-order valence-electron chi connectivity index (χ3n) is 3.59. The highest BCUT2D eigenvalue weighted by atomic mass is 35.5. The van der Waals surface area contributed by atoms with Crippen molar-refractivity contribution < 1.29 is 17.5 Å². The summed E-state index contributed by atoms with van der Waals surface area (Å²) in [5.41, 5.74) is 0.314. The van der Waals surface area contributed by atoms with Crippen molar-refractivity contribution in [3.63, 3.8) is 0 Å². The van der Waals surface area contributed by atoms with Crippen LogP contribution < -0.4 is 4.72 Å². The van der Waals surface area contributed by atoms with E-state index in [1.165, 1.54) is 12.1 Å². The lowest BCUT2D eigenvalue weighted by molar-refractivity contribution is -0.0342. The molecular formula is C14H20ClFN2O3S. The number of nitrogens with zero attached hydrogens (tertiary/aromatic N) is 1. The largest absolute Gasteiger partial charge is 0.376 e. The molecule has 0 amide bonds. The summed E-state index contributed by atoms with van der Waals surface area (Å²) in [5, 5.41) is 0.291. The molecule has 1 heterocycles. The van der Waals surface area contributed by atoms with Crippen molar-refractivity contribution in [1.29, 1.82) is 0 Å². The molecule has 0 unspecified atom stereocenters. The van der Waals surface area contributed by atoms with Crippen LogP contribution in [0.2, 0.25) is 5.02 Å². The molecule has 1 saturated heterocycles. The van der Waals surface area contributed by atoms with E-state index in [0.29, 0.717) is 30.3 Å².